The topological polar surface area (TPSA) is 71.5 Å². The molecule has 1 atom stereocenters. The third-order valence-corrected chi connectivity index (χ3v) is 4.71. The standard InChI is InChI=1S/C19H19F3N2O3/c1-27-16-7-6-11(10-23-16)17(12-8-13(25)9-12)24-18(26)14-4-2-3-5-15(14)19(20,21)22/h2-7,10,12-13,17,25H,8-9H2,1H3,(H,24,26)/t12?,13?,17-/m0/s1. The monoisotopic (exact) mass is 380 g/mol. The van der Waals surface area contributed by atoms with E-state index in [-0.39, 0.29) is 5.92 Å². The van der Waals surface area contributed by atoms with Gasteiger partial charge in [-0.3, -0.25) is 4.79 Å². The van der Waals surface area contributed by atoms with Gasteiger partial charge < -0.3 is 15.2 Å². The summed E-state index contributed by atoms with van der Waals surface area (Å²) in [5.74, 6) is -0.512. The third-order valence-electron chi connectivity index (χ3n) is 4.71. The van der Waals surface area contributed by atoms with Gasteiger partial charge in [0.1, 0.15) is 0 Å². The fourth-order valence-corrected chi connectivity index (χ4v) is 3.22. The first-order valence-electron chi connectivity index (χ1n) is 8.44. The van der Waals surface area contributed by atoms with E-state index in [4.69, 9.17) is 4.74 Å². The Hall–Kier alpha value is -2.61. The Morgan fingerprint density at radius 1 is 1.26 bits per heavy atom. The van der Waals surface area contributed by atoms with Gasteiger partial charge in [0.25, 0.3) is 5.91 Å². The summed E-state index contributed by atoms with van der Waals surface area (Å²) in [5, 5.41) is 12.3. The molecule has 1 amide bonds. The highest BCUT2D eigenvalue weighted by atomic mass is 19.4. The number of ether oxygens (including phenoxy) is 1. The molecule has 0 spiro atoms. The molecule has 0 aliphatic heterocycles. The second kappa shape index (κ2) is 7.56. The second-order valence-corrected chi connectivity index (χ2v) is 6.51. The Bertz CT molecular complexity index is 803. The van der Waals surface area contributed by atoms with E-state index in [0.29, 0.717) is 24.3 Å². The van der Waals surface area contributed by atoms with Crippen molar-refractivity contribution in [3.8, 4) is 5.88 Å². The molecule has 0 radical (unpaired) electrons. The van der Waals surface area contributed by atoms with Crippen LogP contribution in [0.15, 0.2) is 42.6 Å². The summed E-state index contributed by atoms with van der Waals surface area (Å²) in [6.45, 7) is 0. The van der Waals surface area contributed by atoms with Crippen LogP contribution < -0.4 is 10.1 Å². The average Bonchev–Trinajstić information content (AvgIpc) is 2.63. The number of amides is 1. The van der Waals surface area contributed by atoms with Crippen molar-refractivity contribution in [2.24, 2.45) is 5.92 Å². The Morgan fingerprint density at radius 3 is 2.52 bits per heavy atom. The van der Waals surface area contributed by atoms with Gasteiger partial charge in [0.05, 0.1) is 30.4 Å². The number of carbonyl (C=O) groups is 1. The summed E-state index contributed by atoms with van der Waals surface area (Å²) in [7, 11) is 1.47. The predicted molar refractivity (Wildman–Crippen MR) is 91.2 cm³/mol. The van der Waals surface area contributed by atoms with Crippen LogP contribution in [-0.4, -0.2) is 29.2 Å². The molecule has 144 valence electrons. The first-order valence-corrected chi connectivity index (χ1v) is 8.44. The molecule has 1 heterocycles. The van der Waals surface area contributed by atoms with Crippen molar-refractivity contribution in [3.05, 3.63) is 59.3 Å². The highest BCUT2D eigenvalue weighted by Gasteiger charge is 2.38. The van der Waals surface area contributed by atoms with E-state index in [1.54, 1.807) is 12.1 Å². The average molecular weight is 380 g/mol. The Labute approximate surface area is 154 Å². The molecule has 0 unspecified atom stereocenters. The van der Waals surface area contributed by atoms with E-state index < -0.39 is 35.4 Å². The number of rotatable bonds is 5. The van der Waals surface area contributed by atoms with Crippen LogP contribution in [0.5, 0.6) is 5.88 Å². The lowest BCUT2D eigenvalue weighted by molar-refractivity contribution is -0.137. The van der Waals surface area contributed by atoms with Gasteiger partial charge in [0.2, 0.25) is 5.88 Å². The number of halogens is 3. The van der Waals surface area contributed by atoms with Gasteiger partial charge in [-0.25, -0.2) is 4.98 Å². The number of nitrogens with zero attached hydrogens (tertiary/aromatic N) is 1. The lowest BCUT2D eigenvalue weighted by Gasteiger charge is -2.38. The van der Waals surface area contributed by atoms with E-state index in [9.17, 15) is 23.1 Å². The number of alkyl halides is 3. The number of nitrogens with one attached hydrogen (secondary N) is 1. The number of hydrogen-bond acceptors (Lipinski definition) is 4. The van der Waals surface area contributed by atoms with Crippen LogP contribution in [-0.2, 0) is 6.18 Å². The molecule has 27 heavy (non-hydrogen) atoms. The number of carbonyl (C=O) groups excluding carboxylic acids is 1. The molecule has 1 saturated carbocycles. The van der Waals surface area contributed by atoms with Gasteiger partial charge in [0, 0.05) is 12.3 Å². The molecule has 1 aliphatic rings. The minimum absolute atomic E-state index is 0.0859. The summed E-state index contributed by atoms with van der Waals surface area (Å²) in [4.78, 5) is 16.7. The predicted octanol–water partition coefficient (Wildman–Crippen LogP) is 3.35. The SMILES string of the molecule is COc1ccc([C@H](NC(=O)c2ccccc2C(F)(F)F)C2CC(O)C2)cn1. The Kier molecular flexibility index (Phi) is 5.36. The summed E-state index contributed by atoms with van der Waals surface area (Å²) in [5.41, 5.74) is -0.773. The Morgan fingerprint density at radius 2 is 1.96 bits per heavy atom. The number of methoxy groups -OCH3 is 1. The van der Waals surface area contributed by atoms with Crippen LogP contribution in [0.25, 0.3) is 0 Å². The normalized spacial score (nSPS) is 20.5. The number of aliphatic hydroxyl groups is 1. The summed E-state index contributed by atoms with van der Waals surface area (Å²) < 4.78 is 44.6. The van der Waals surface area contributed by atoms with Crippen molar-refractivity contribution in [3.63, 3.8) is 0 Å². The summed E-state index contributed by atoms with van der Waals surface area (Å²) in [6, 6.07) is 7.43. The lowest BCUT2D eigenvalue weighted by atomic mass is 9.75. The number of aromatic nitrogens is 1. The lowest BCUT2D eigenvalue weighted by Crippen LogP contribution is -2.41. The molecule has 1 aromatic heterocycles. The van der Waals surface area contributed by atoms with Crippen LogP contribution in [0.1, 0.15) is 40.4 Å². The first-order chi connectivity index (χ1) is 12.8. The smallest absolute Gasteiger partial charge is 0.417 e. The van der Waals surface area contributed by atoms with E-state index in [1.807, 2.05) is 0 Å². The molecule has 1 aromatic carbocycles. The molecule has 5 nitrogen and oxygen atoms in total. The highest BCUT2D eigenvalue weighted by Crippen LogP contribution is 2.39. The van der Waals surface area contributed by atoms with Crippen molar-refractivity contribution in [1.82, 2.24) is 10.3 Å². The fourth-order valence-electron chi connectivity index (χ4n) is 3.22. The first kappa shape index (κ1) is 19.2. The van der Waals surface area contributed by atoms with Gasteiger partial charge >= 0.3 is 6.18 Å². The minimum atomic E-state index is -4.63. The summed E-state index contributed by atoms with van der Waals surface area (Å²) >= 11 is 0. The van der Waals surface area contributed by atoms with E-state index in [1.165, 1.54) is 25.4 Å². The number of hydrogen-bond donors (Lipinski definition) is 2. The Balaban J connectivity index is 1.87. The van der Waals surface area contributed by atoms with Gasteiger partial charge in [0.15, 0.2) is 0 Å². The quantitative estimate of drug-likeness (QED) is 0.835. The zero-order valence-corrected chi connectivity index (χ0v) is 14.5. The molecule has 2 aromatic rings. The highest BCUT2D eigenvalue weighted by molar-refractivity contribution is 5.96. The maximum atomic E-state index is 13.2. The van der Waals surface area contributed by atoms with Crippen LogP contribution >= 0.6 is 0 Å². The van der Waals surface area contributed by atoms with Crippen LogP contribution in [0.3, 0.4) is 0 Å². The van der Waals surface area contributed by atoms with Crippen molar-refractivity contribution in [2.45, 2.75) is 31.2 Å². The van der Waals surface area contributed by atoms with Gasteiger partial charge in [-0.05, 0) is 36.5 Å². The van der Waals surface area contributed by atoms with Crippen LogP contribution in [0.4, 0.5) is 13.2 Å². The maximum absolute atomic E-state index is 13.2. The molecule has 1 fully saturated rings. The van der Waals surface area contributed by atoms with Gasteiger partial charge in [-0.1, -0.05) is 18.2 Å². The van der Waals surface area contributed by atoms with Crippen LogP contribution in [0.2, 0.25) is 0 Å². The molecule has 8 heteroatoms. The maximum Gasteiger partial charge on any atom is 0.417 e. The number of benzene rings is 1. The molecular weight excluding hydrogens is 361 g/mol. The van der Waals surface area contributed by atoms with E-state index >= 15 is 0 Å². The third kappa shape index (κ3) is 4.21. The van der Waals surface area contributed by atoms with Crippen LogP contribution in [0, 0.1) is 5.92 Å². The van der Waals surface area contributed by atoms with E-state index in [2.05, 4.69) is 10.3 Å². The fraction of sp³-hybridized carbons (Fsp3) is 0.368. The minimum Gasteiger partial charge on any atom is -0.481 e. The second-order valence-electron chi connectivity index (χ2n) is 6.51. The molecule has 1 aliphatic carbocycles. The van der Waals surface area contributed by atoms with Gasteiger partial charge in [-0.15, -0.1) is 0 Å². The zero-order chi connectivity index (χ0) is 19.6. The van der Waals surface area contributed by atoms with Crippen molar-refractivity contribution >= 4 is 5.91 Å². The molecule has 0 saturated heterocycles. The van der Waals surface area contributed by atoms with Crippen molar-refractivity contribution in [1.29, 1.82) is 0 Å². The molecule has 0 bridgehead atoms. The summed E-state index contributed by atoms with van der Waals surface area (Å²) in [6.07, 6.45) is -2.67. The molecule has 3 rings (SSSR count). The van der Waals surface area contributed by atoms with Crippen molar-refractivity contribution in [2.75, 3.05) is 7.11 Å². The van der Waals surface area contributed by atoms with Crippen molar-refractivity contribution < 1.29 is 27.8 Å². The largest absolute Gasteiger partial charge is 0.481 e. The molecule has 2 N–H and O–H groups in total. The number of aliphatic hydroxyl groups excluding tert-OH is 1. The number of pyridine rings is 1. The zero-order valence-electron chi connectivity index (χ0n) is 14.5. The van der Waals surface area contributed by atoms with E-state index in [0.717, 1.165) is 12.1 Å². The van der Waals surface area contributed by atoms with Gasteiger partial charge in [-0.2, -0.15) is 13.2 Å². The molecular formula is C19H19F3N2O3.